The van der Waals surface area contributed by atoms with E-state index < -0.39 is 0 Å². The molecule has 0 saturated carbocycles. The van der Waals surface area contributed by atoms with E-state index in [2.05, 4.69) is 10.2 Å². The molecule has 1 aromatic heterocycles. The van der Waals surface area contributed by atoms with Gasteiger partial charge in [0.1, 0.15) is 6.10 Å². The van der Waals surface area contributed by atoms with Gasteiger partial charge in [0.2, 0.25) is 5.91 Å². The smallest absolute Gasteiger partial charge is 0.249 e. The molecule has 6 heteroatoms. The maximum absolute atomic E-state index is 12.3. The molecule has 0 aliphatic carbocycles. The Morgan fingerprint density at radius 1 is 1.50 bits per heavy atom. The van der Waals surface area contributed by atoms with Crippen LogP contribution in [0.3, 0.4) is 0 Å². The lowest BCUT2D eigenvalue weighted by atomic mass is 9.98. The van der Waals surface area contributed by atoms with Crippen LogP contribution in [0.1, 0.15) is 24.1 Å². The molecule has 0 unspecified atom stereocenters. The molecular weight excluding hydrogens is 300 g/mol. The number of ether oxygens (including phenoxy) is 2. The number of hydrogen-bond donors (Lipinski definition) is 1. The summed E-state index contributed by atoms with van der Waals surface area (Å²) in [4.78, 5) is 15.9. The van der Waals surface area contributed by atoms with Crippen LogP contribution in [0.4, 0.5) is 0 Å². The van der Waals surface area contributed by atoms with Crippen LogP contribution in [0.2, 0.25) is 0 Å². The molecular formula is C16H24N2O3S. The van der Waals surface area contributed by atoms with E-state index in [0.717, 1.165) is 39.0 Å². The number of carbonyl (C=O) groups is 1. The van der Waals surface area contributed by atoms with Crippen LogP contribution in [0.25, 0.3) is 0 Å². The number of thiophene rings is 1. The second kappa shape index (κ2) is 7.55. The monoisotopic (exact) mass is 324 g/mol. The maximum atomic E-state index is 12.3. The van der Waals surface area contributed by atoms with Gasteiger partial charge in [-0.25, -0.2) is 0 Å². The summed E-state index contributed by atoms with van der Waals surface area (Å²) in [7, 11) is 1.74. The van der Waals surface area contributed by atoms with Crippen LogP contribution in [-0.4, -0.2) is 55.9 Å². The van der Waals surface area contributed by atoms with E-state index in [-0.39, 0.29) is 18.1 Å². The summed E-state index contributed by atoms with van der Waals surface area (Å²) in [5.41, 5.74) is 0. The highest BCUT2D eigenvalue weighted by molar-refractivity contribution is 7.09. The Morgan fingerprint density at radius 3 is 3.18 bits per heavy atom. The van der Waals surface area contributed by atoms with E-state index in [1.807, 2.05) is 17.5 Å². The maximum Gasteiger partial charge on any atom is 0.249 e. The summed E-state index contributed by atoms with van der Waals surface area (Å²) < 4.78 is 11.2. The molecule has 2 fully saturated rings. The number of nitrogens with one attached hydrogen (secondary N) is 1. The number of rotatable bonds is 6. The van der Waals surface area contributed by atoms with Crippen molar-refractivity contribution in [2.24, 2.45) is 0 Å². The molecule has 3 rings (SSSR count). The fraction of sp³-hybridized carbons (Fsp3) is 0.688. The first-order chi connectivity index (χ1) is 10.8. The zero-order valence-corrected chi connectivity index (χ0v) is 13.8. The summed E-state index contributed by atoms with van der Waals surface area (Å²) in [5.74, 6) is 0.0298. The first-order valence-corrected chi connectivity index (χ1v) is 8.84. The van der Waals surface area contributed by atoms with E-state index >= 15 is 0 Å². The molecule has 1 N–H and O–H groups in total. The van der Waals surface area contributed by atoms with Gasteiger partial charge in [-0.05, 0) is 30.7 Å². The van der Waals surface area contributed by atoms with Crippen LogP contribution in [-0.2, 0) is 20.8 Å². The lowest BCUT2D eigenvalue weighted by Gasteiger charge is -2.35. The Bertz CT molecular complexity index is 480. The predicted molar refractivity (Wildman–Crippen MR) is 85.9 cm³/mol. The van der Waals surface area contributed by atoms with Gasteiger partial charge >= 0.3 is 0 Å². The van der Waals surface area contributed by atoms with Crippen LogP contribution < -0.4 is 5.32 Å². The first-order valence-electron chi connectivity index (χ1n) is 7.96. The van der Waals surface area contributed by atoms with E-state index in [1.165, 1.54) is 4.88 Å². The van der Waals surface area contributed by atoms with Gasteiger partial charge in [-0.3, -0.25) is 9.69 Å². The van der Waals surface area contributed by atoms with Gasteiger partial charge in [0.15, 0.2) is 0 Å². The largest absolute Gasteiger partial charge is 0.383 e. The molecule has 0 bridgehead atoms. The summed E-state index contributed by atoms with van der Waals surface area (Å²) in [6.45, 7) is 3.36. The molecule has 0 aromatic carbocycles. The quantitative estimate of drug-likeness (QED) is 0.864. The minimum Gasteiger partial charge on any atom is -0.383 e. The lowest BCUT2D eigenvalue weighted by molar-refractivity contribution is -0.144. The van der Waals surface area contributed by atoms with Gasteiger partial charge in [0.05, 0.1) is 19.3 Å². The molecule has 0 spiro atoms. The van der Waals surface area contributed by atoms with Gasteiger partial charge in [0.25, 0.3) is 0 Å². The van der Waals surface area contributed by atoms with Crippen LogP contribution in [0.5, 0.6) is 0 Å². The summed E-state index contributed by atoms with van der Waals surface area (Å²) in [6.07, 6.45) is 2.77. The number of fused-ring (bicyclic) bond motifs is 1. The average Bonchev–Trinajstić information content (AvgIpc) is 3.19. The SMILES string of the molecule is COCCN1CC[C@@H]2O[C@@H](C(=O)NCc3cccs3)CC[C@@H]21. The molecule has 1 amide bonds. The van der Waals surface area contributed by atoms with E-state index in [4.69, 9.17) is 9.47 Å². The van der Waals surface area contributed by atoms with Crippen molar-refractivity contribution in [1.29, 1.82) is 0 Å². The Labute approximate surface area is 135 Å². The molecule has 2 saturated heterocycles. The van der Waals surface area contributed by atoms with Crippen molar-refractivity contribution in [2.75, 3.05) is 26.8 Å². The fourth-order valence-corrected chi connectivity index (χ4v) is 4.04. The van der Waals surface area contributed by atoms with E-state index in [9.17, 15) is 4.79 Å². The lowest BCUT2D eigenvalue weighted by Crippen LogP contribution is -2.48. The standard InChI is InChI=1S/C16H24N2O3S/c1-20-9-8-18-7-6-14-13(18)4-5-15(21-14)16(19)17-11-12-3-2-10-22-12/h2-3,10,13-15H,4-9,11H2,1H3,(H,17,19)/t13-,14-,15+/m0/s1. The van der Waals surface area contributed by atoms with Crippen LogP contribution >= 0.6 is 11.3 Å². The molecule has 0 radical (unpaired) electrons. The minimum atomic E-state index is -0.288. The Morgan fingerprint density at radius 2 is 2.41 bits per heavy atom. The van der Waals surface area contributed by atoms with Crippen LogP contribution in [0, 0.1) is 0 Å². The molecule has 122 valence electrons. The highest BCUT2D eigenvalue weighted by atomic mass is 32.1. The second-order valence-corrected chi connectivity index (χ2v) is 6.95. The third-order valence-electron chi connectivity index (χ3n) is 4.55. The second-order valence-electron chi connectivity index (χ2n) is 5.92. The van der Waals surface area contributed by atoms with Crippen molar-refractivity contribution in [3.05, 3.63) is 22.4 Å². The number of likely N-dealkylation sites (tertiary alicyclic amines) is 1. The third-order valence-corrected chi connectivity index (χ3v) is 5.43. The number of methoxy groups -OCH3 is 1. The Kier molecular flexibility index (Phi) is 5.46. The third kappa shape index (κ3) is 3.68. The van der Waals surface area contributed by atoms with E-state index in [0.29, 0.717) is 12.6 Å². The van der Waals surface area contributed by atoms with Crippen LogP contribution in [0.15, 0.2) is 17.5 Å². The first kappa shape index (κ1) is 15.9. The molecule has 3 heterocycles. The van der Waals surface area contributed by atoms with E-state index in [1.54, 1.807) is 18.4 Å². The molecule has 22 heavy (non-hydrogen) atoms. The molecule has 5 nitrogen and oxygen atoms in total. The number of nitrogens with zero attached hydrogens (tertiary/aromatic N) is 1. The zero-order chi connectivity index (χ0) is 15.4. The summed E-state index contributed by atoms with van der Waals surface area (Å²) in [5, 5.41) is 5.02. The van der Waals surface area contributed by atoms with Crippen molar-refractivity contribution in [3.8, 4) is 0 Å². The highest BCUT2D eigenvalue weighted by Crippen LogP contribution is 2.31. The summed E-state index contributed by atoms with van der Waals surface area (Å²) >= 11 is 1.66. The molecule has 3 atom stereocenters. The van der Waals surface area contributed by atoms with Gasteiger partial charge in [-0.15, -0.1) is 11.3 Å². The van der Waals surface area contributed by atoms with Crippen molar-refractivity contribution < 1.29 is 14.3 Å². The van der Waals surface area contributed by atoms with Crippen molar-refractivity contribution in [2.45, 2.75) is 44.1 Å². The minimum absolute atomic E-state index is 0.0298. The molecule has 2 aliphatic heterocycles. The van der Waals surface area contributed by atoms with Crippen molar-refractivity contribution >= 4 is 17.2 Å². The number of carbonyl (C=O) groups excluding carboxylic acids is 1. The normalized spacial score (nSPS) is 28.5. The number of amides is 1. The Balaban J connectivity index is 1.47. The van der Waals surface area contributed by atoms with Crippen molar-refractivity contribution in [1.82, 2.24) is 10.2 Å². The predicted octanol–water partition coefficient (Wildman–Crippen LogP) is 1.63. The van der Waals surface area contributed by atoms with Gasteiger partial charge < -0.3 is 14.8 Å². The molecule has 1 aromatic rings. The topological polar surface area (TPSA) is 50.8 Å². The average molecular weight is 324 g/mol. The Hall–Kier alpha value is -0.950. The van der Waals surface area contributed by atoms with Gasteiger partial charge in [0, 0.05) is 31.1 Å². The molecule has 2 aliphatic rings. The van der Waals surface area contributed by atoms with Gasteiger partial charge in [-0.1, -0.05) is 6.07 Å². The van der Waals surface area contributed by atoms with Gasteiger partial charge in [-0.2, -0.15) is 0 Å². The summed E-state index contributed by atoms with van der Waals surface area (Å²) in [6, 6.07) is 4.49. The van der Waals surface area contributed by atoms with Crippen molar-refractivity contribution in [3.63, 3.8) is 0 Å². The number of hydrogen-bond acceptors (Lipinski definition) is 5. The highest BCUT2D eigenvalue weighted by Gasteiger charge is 2.41. The zero-order valence-electron chi connectivity index (χ0n) is 13.0. The fourth-order valence-electron chi connectivity index (χ4n) is 3.40.